The Labute approximate surface area is 446 Å². The molecule has 2 aliphatic rings. The lowest BCUT2D eigenvalue weighted by Crippen LogP contribution is -2.61. The Balaban J connectivity index is 1.75. The van der Waals surface area contributed by atoms with Crippen LogP contribution in [-0.2, 0) is 38.0 Å². The van der Waals surface area contributed by atoms with E-state index >= 15 is 0 Å². The fourth-order valence-corrected chi connectivity index (χ4v) is 9.28. The molecule has 2 aliphatic heterocycles. The van der Waals surface area contributed by atoms with E-state index in [1.807, 2.05) is 0 Å². The minimum Gasteiger partial charge on any atom is -0.462 e. The van der Waals surface area contributed by atoms with Gasteiger partial charge in [-0.25, -0.2) is 0 Å². The van der Waals surface area contributed by atoms with E-state index in [1.165, 1.54) is 122 Å². The highest BCUT2D eigenvalue weighted by Gasteiger charge is 2.47. The first kappa shape index (κ1) is 67.8. The third kappa shape index (κ3) is 32.5. The fraction of sp³-hybridized carbons (Fsp3) is 0.864. The largest absolute Gasteiger partial charge is 0.462 e. The number of rotatable bonds is 47. The van der Waals surface area contributed by atoms with Crippen molar-refractivity contribution in [1.82, 2.24) is 0 Å². The van der Waals surface area contributed by atoms with Gasteiger partial charge >= 0.3 is 11.9 Å². The summed E-state index contributed by atoms with van der Waals surface area (Å²) in [5.74, 6) is -0.929. The quantitative estimate of drug-likeness (QED) is 0.0171. The number of esters is 2. The molecule has 15 nitrogen and oxygen atoms in total. The molecule has 432 valence electrons. The summed E-state index contributed by atoms with van der Waals surface area (Å²) in [7, 11) is 0. The molecule has 2 fully saturated rings. The first-order valence-corrected chi connectivity index (χ1v) is 29.6. The molecule has 0 bridgehead atoms. The van der Waals surface area contributed by atoms with Crippen LogP contribution in [0.2, 0.25) is 0 Å². The van der Waals surface area contributed by atoms with Gasteiger partial charge in [-0.1, -0.05) is 204 Å². The summed E-state index contributed by atoms with van der Waals surface area (Å²) in [5, 5.41) is 72.3. The number of hydrogen-bond acceptors (Lipinski definition) is 15. The van der Waals surface area contributed by atoms with Gasteiger partial charge in [-0.05, 0) is 51.4 Å². The second kappa shape index (κ2) is 45.7. The maximum atomic E-state index is 13.1. The van der Waals surface area contributed by atoms with Gasteiger partial charge in [0.1, 0.15) is 55.4 Å². The minimum absolute atomic E-state index is 0.152. The van der Waals surface area contributed by atoms with Crippen LogP contribution in [-0.4, -0.2) is 142 Å². The van der Waals surface area contributed by atoms with Crippen molar-refractivity contribution >= 4 is 11.9 Å². The molecule has 0 aromatic heterocycles. The molecule has 0 spiro atoms. The number of hydrogen-bond donors (Lipinski definition) is 7. The van der Waals surface area contributed by atoms with Crippen molar-refractivity contribution in [2.24, 2.45) is 0 Å². The summed E-state index contributed by atoms with van der Waals surface area (Å²) in [6.07, 6.45) is 34.4. The standard InChI is InChI=1S/C59H106O15/c1-3-5-7-9-11-13-15-17-19-21-23-25-27-29-31-33-35-37-39-41-50(61)69-44-47(72-51(62)42-40-38-36-34-32-30-28-26-24-22-20-18-16-14-12-10-8-6-4-2)45-70-58-57(68)55(66)53(64)49(74-58)46-71-59-56(67)54(65)52(63)48(43-60)73-59/h12,14,18,20,24,26,47-49,52-60,63-68H,3-11,13,15-17,19,21-23,25,27-46H2,1-2H3/b14-12-,20-18-,26-24-. The zero-order valence-corrected chi connectivity index (χ0v) is 46.1. The van der Waals surface area contributed by atoms with Gasteiger partial charge < -0.3 is 64.2 Å². The van der Waals surface area contributed by atoms with E-state index in [2.05, 4.69) is 50.3 Å². The molecular formula is C59H106O15. The summed E-state index contributed by atoms with van der Waals surface area (Å²) in [6.45, 7) is 2.59. The van der Waals surface area contributed by atoms with E-state index < -0.39 is 92.7 Å². The molecule has 11 unspecified atom stereocenters. The lowest BCUT2D eigenvalue weighted by Gasteiger charge is -2.42. The predicted octanol–water partition coefficient (Wildman–Crippen LogP) is 10.1. The molecule has 2 saturated heterocycles. The Hall–Kier alpha value is -2.28. The third-order valence-electron chi connectivity index (χ3n) is 14.1. The first-order chi connectivity index (χ1) is 36.0. The van der Waals surface area contributed by atoms with Crippen LogP contribution in [0.1, 0.15) is 232 Å². The van der Waals surface area contributed by atoms with E-state index in [9.17, 15) is 45.3 Å². The minimum atomic E-state index is -1.77. The number of carbonyl (C=O) groups excluding carboxylic acids is 2. The lowest BCUT2D eigenvalue weighted by atomic mass is 9.98. The Kier molecular flexibility index (Phi) is 41.9. The number of aliphatic hydroxyl groups excluding tert-OH is 7. The van der Waals surface area contributed by atoms with Gasteiger partial charge in [0.15, 0.2) is 18.7 Å². The molecule has 0 aliphatic carbocycles. The van der Waals surface area contributed by atoms with Crippen LogP contribution in [0.5, 0.6) is 0 Å². The third-order valence-corrected chi connectivity index (χ3v) is 14.1. The Bertz CT molecular complexity index is 1430. The van der Waals surface area contributed by atoms with Gasteiger partial charge in [0.2, 0.25) is 0 Å². The summed E-state index contributed by atoms with van der Waals surface area (Å²) in [4.78, 5) is 25.9. The summed E-state index contributed by atoms with van der Waals surface area (Å²) in [6, 6.07) is 0. The van der Waals surface area contributed by atoms with Crippen molar-refractivity contribution in [1.29, 1.82) is 0 Å². The van der Waals surface area contributed by atoms with Gasteiger partial charge in [-0.15, -0.1) is 0 Å². The van der Waals surface area contributed by atoms with Gasteiger partial charge in [0.05, 0.1) is 19.8 Å². The highest BCUT2D eigenvalue weighted by Crippen LogP contribution is 2.27. The Morgan fingerprint density at radius 2 is 0.811 bits per heavy atom. The first-order valence-electron chi connectivity index (χ1n) is 29.6. The van der Waals surface area contributed by atoms with Crippen LogP contribution in [0.4, 0.5) is 0 Å². The highest BCUT2D eigenvalue weighted by molar-refractivity contribution is 5.70. The van der Waals surface area contributed by atoms with Crippen molar-refractivity contribution in [2.45, 2.75) is 300 Å². The average Bonchev–Trinajstić information content (AvgIpc) is 3.39. The maximum absolute atomic E-state index is 13.1. The van der Waals surface area contributed by atoms with Gasteiger partial charge in [0, 0.05) is 12.8 Å². The molecule has 15 heteroatoms. The molecule has 2 rings (SSSR count). The van der Waals surface area contributed by atoms with Crippen molar-refractivity contribution in [3.8, 4) is 0 Å². The number of ether oxygens (including phenoxy) is 6. The van der Waals surface area contributed by atoms with Crippen LogP contribution < -0.4 is 0 Å². The Morgan fingerprint density at radius 3 is 1.30 bits per heavy atom. The van der Waals surface area contributed by atoms with Gasteiger partial charge in [-0.3, -0.25) is 9.59 Å². The van der Waals surface area contributed by atoms with Crippen LogP contribution in [0.3, 0.4) is 0 Å². The van der Waals surface area contributed by atoms with Crippen molar-refractivity contribution in [3.05, 3.63) is 36.5 Å². The smallest absolute Gasteiger partial charge is 0.306 e. The summed E-state index contributed by atoms with van der Waals surface area (Å²) in [5.41, 5.74) is 0. The number of allylic oxidation sites excluding steroid dienone is 6. The molecule has 11 atom stereocenters. The zero-order chi connectivity index (χ0) is 53.9. The van der Waals surface area contributed by atoms with E-state index in [-0.39, 0.29) is 26.1 Å². The fourth-order valence-electron chi connectivity index (χ4n) is 9.28. The van der Waals surface area contributed by atoms with E-state index in [4.69, 9.17) is 28.4 Å². The summed E-state index contributed by atoms with van der Waals surface area (Å²) >= 11 is 0. The molecule has 2 heterocycles. The number of carbonyl (C=O) groups is 2. The highest BCUT2D eigenvalue weighted by atomic mass is 16.7. The van der Waals surface area contributed by atoms with Gasteiger partial charge in [-0.2, -0.15) is 0 Å². The zero-order valence-electron chi connectivity index (χ0n) is 46.1. The van der Waals surface area contributed by atoms with Crippen LogP contribution in [0.25, 0.3) is 0 Å². The molecule has 0 aromatic rings. The second-order valence-corrected chi connectivity index (χ2v) is 20.8. The van der Waals surface area contributed by atoms with Crippen LogP contribution in [0, 0.1) is 0 Å². The number of unbranched alkanes of at least 4 members (excludes halogenated alkanes) is 27. The number of aliphatic hydroxyl groups is 7. The molecule has 0 saturated carbocycles. The molecule has 0 radical (unpaired) electrons. The summed E-state index contributed by atoms with van der Waals surface area (Å²) < 4.78 is 33.7. The molecule has 0 aromatic carbocycles. The van der Waals surface area contributed by atoms with Crippen molar-refractivity contribution in [2.75, 3.05) is 26.4 Å². The van der Waals surface area contributed by atoms with Crippen LogP contribution >= 0.6 is 0 Å². The van der Waals surface area contributed by atoms with Crippen molar-refractivity contribution < 1.29 is 73.8 Å². The van der Waals surface area contributed by atoms with Crippen molar-refractivity contribution in [3.63, 3.8) is 0 Å². The molecule has 7 N–H and O–H groups in total. The SMILES string of the molecule is CCCCC/C=C\C/C=C\C/C=C\CCCCCCCCC(=O)OC(COC(=O)CCCCCCCCCCCCCCCCCCCCC)COC1OC(COC2OC(CO)C(O)C(O)C2O)C(O)C(O)C1O. The normalized spacial score (nSPS) is 24.9. The van der Waals surface area contributed by atoms with E-state index in [0.717, 1.165) is 70.6 Å². The molecule has 74 heavy (non-hydrogen) atoms. The maximum Gasteiger partial charge on any atom is 0.306 e. The monoisotopic (exact) mass is 1050 g/mol. The Morgan fingerprint density at radius 1 is 0.432 bits per heavy atom. The van der Waals surface area contributed by atoms with Crippen LogP contribution in [0.15, 0.2) is 36.5 Å². The topological polar surface area (TPSA) is 231 Å². The van der Waals surface area contributed by atoms with E-state index in [0.29, 0.717) is 12.8 Å². The second-order valence-electron chi connectivity index (χ2n) is 20.8. The predicted molar refractivity (Wildman–Crippen MR) is 289 cm³/mol. The van der Waals surface area contributed by atoms with E-state index in [1.54, 1.807) is 0 Å². The average molecular weight is 1060 g/mol. The molecular weight excluding hydrogens is 949 g/mol. The molecule has 0 amide bonds. The lowest BCUT2D eigenvalue weighted by molar-refractivity contribution is -0.332. The van der Waals surface area contributed by atoms with Gasteiger partial charge in [0.25, 0.3) is 0 Å².